The van der Waals surface area contributed by atoms with Crippen LogP contribution < -0.4 is 9.80 Å². The van der Waals surface area contributed by atoms with Crippen molar-refractivity contribution in [2.75, 3.05) is 26.2 Å². The van der Waals surface area contributed by atoms with E-state index in [2.05, 4.69) is 29.3 Å². The summed E-state index contributed by atoms with van der Waals surface area (Å²) in [6.07, 6.45) is 0. The number of nitrogens with zero attached hydrogens (tertiary/aromatic N) is 2. The highest BCUT2D eigenvalue weighted by Gasteiger charge is 2.31. The zero-order chi connectivity index (χ0) is 18.6. The standard InChI is InChI=1S/C21H23ClN4O/c1-16(20-23-24-21(27-20)18-7-3-2-4-8-18)26-12-10-25(11-13-26)15-17-6-5-9-19(22)14-17/h2-9,14,16H,10-13,15H2,1H3/p+2/t16-/m0/s1. The van der Waals surface area contributed by atoms with Gasteiger partial charge >= 0.3 is 0 Å². The number of nitrogens with one attached hydrogen (secondary N) is 2. The van der Waals surface area contributed by atoms with Gasteiger partial charge in [-0.3, -0.25) is 0 Å². The Hall–Kier alpha value is -2.21. The van der Waals surface area contributed by atoms with Gasteiger partial charge in [0.2, 0.25) is 5.89 Å². The molecule has 2 heterocycles. The van der Waals surface area contributed by atoms with E-state index in [0.717, 1.165) is 49.2 Å². The van der Waals surface area contributed by atoms with E-state index in [9.17, 15) is 0 Å². The van der Waals surface area contributed by atoms with E-state index in [-0.39, 0.29) is 6.04 Å². The van der Waals surface area contributed by atoms with E-state index in [0.29, 0.717) is 5.89 Å². The average molecular weight is 385 g/mol. The van der Waals surface area contributed by atoms with Crippen LogP contribution in [0.4, 0.5) is 0 Å². The van der Waals surface area contributed by atoms with Crippen LogP contribution in [0, 0.1) is 0 Å². The van der Waals surface area contributed by atoms with Gasteiger partial charge in [0.25, 0.3) is 5.89 Å². The minimum absolute atomic E-state index is 0.211. The Morgan fingerprint density at radius 3 is 2.52 bits per heavy atom. The lowest BCUT2D eigenvalue weighted by atomic mass is 10.2. The molecule has 1 fully saturated rings. The summed E-state index contributed by atoms with van der Waals surface area (Å²) in [5.74, 6) is 1.32. The molecule has 1 aromatic heterocycles. The second-order valence-electron chi connectivity index (χ2n) is 7.25. The second kappa shape index (κ2) is 8.21. The van der Waals surface area contributed by atoms with Crippen LogP contribution in [-0.2, 0) is 6.54 Å². The Bertz CT molecular complexity index is 875. The fourth-order valence-corrected chi connectivity index (χ4v) is 3.96. The highest BCUT2D eigenvalue weighted by atomic mass is 35.5. The van der Waals surface area contributed by atoms with E-state index in [1.807, 2.05) is 42.5 Å². The lowest BCUT2D eigenvalue weighted by molar-refractivity contribution is -1.03. The first-order valence-corrected chi connectivity index (χ1v) is 9.88. The Kier molecular flexibility index (Phi) is 5.53. The predicted molar refractivity (Wildman–Crippen MR) is 105 cm³/mol. The number of benzene rings is 2. The predicted octanol–water partition coefficient (Wildman–Crippen LogP) is 1.43. The van der Waals surface area contributed by atoms with Crippen molar-refractivity contribution < 1.29 is 14.2 Å². The van der Waals surface area contributed by atoms with Crippen LogP contribution in [0.3, 0.4) is 0 Å². The lowest BCUT2D eigenvalue weighted by Gasteiger charge is -2.32. The Morgan fingerprint density at radius 1 is 1.00 bits per heavy atom. The minimum atomic E-state index is 0.211. The maximum absolute atomic E-state index is 6.10. The summed E-state index contributed by atoms with van der Waals surface area (Å²) in [6.45, 7) is 7.67. The quantitative estimate of drug-likeness (QED) is 0.699. The molecule has 4 rings (SSSR count). The summed E-state index contributed by atoms with van der Waals surface area (Å²) in [4.78, 5) is 3.11. The molecule has 0 amide bonds. The van der Waals surface area contributed by atoms with Gasteiger partial charge in [-0.25, -0.2) is 0 Å². The van der Waals surface area contributed by atoms with Crippen LogP contribution >= 0.6 is 11.6 Å². The van der Waals surface area contributed by atoms with E-state index in [4.69, 9.17) is 16.0 Å². The van der Waals surface area contributed by atoms with Gasteiger partial charge in [-0.1, -0.05) is 41.9 Å². The topological polar surface area (TPSA) is 47.8 Å². The Morgan fingerprint density at radius 2 is 1.78 bits per heavy atom. The van der Waals surface area contributed by atoms with Gasteiger partial charge in [0.1, 0.15) is 32.7 Å². The van der Waals surface area contributed by atoms with Gasteiger partial charge in [0, 0.05) is 16.1 Å². The number of quaternary nitrogens is 2. The third-order valence-electron chi connectivity index (χ3n) is 5.39. The summed E-state index contributed by atoms with van der Waals surface area (Å²) in [7, 11) is 0. The lowest BCUT2D eigenvalue weighted by Crippen LogP contribution is -3.27. The molecular formula is C21H25ClN4O+2. The van der Waals surface area contributed by atoms with Crippen molar-refractivity contribution in [2.45, 2.75) is 19.5 Å². The van der Waals surface area contributed by atoms with Crippen molar-refractivity contribution in [2.24, 2.45) is 0 Å². The third-order valence-corrected chi connectivity index (χ3v) is 5.62. The zero-order valence-electron chi connectivity index (χ0n) is 15.5. The summed E-state index contributed by atoms with van der Waals surface area (Å²) >= 11 is 6.10. The van der Waals surface area contributed by atoms with Gasteiger partial charge in [-0.05, 0) is 31.2 Å². The molecule has 3 aromatic rings. The SMILES string of the molecule is C[C@@H](c1nnc(-c2ccccc2)o1)[NH+]1CC[NH+](Cc2cccc(Cl)c2)CC1. The molecule has 6 heteroatoms. The number of rotatable bonds is 5. The van der Waals surface area contributed by atoms with Gasteiger partial charge in [-0.2, -0.15) is 0 Å². The summed E-state index contributed by atoms with van der Waals surface area (Å²) in [5, 5.41) is 9.35. The van der Waals surface area contributed by atoms with Crippen LogP contribution in [-0.4, -0.2) is 36.4 Å². The molecule has 1 aliphatic rings. The van der Waals surface area contributed by atoms with Gasteiger partial charge in [-0.15, -0.1) is 10.2 Å². The molecule has 2 aromatic carbocycles. The number of piperazine rings is 1. The second-order valence-corrected chi connectivity index (χ2v) is 7.68. The van der Waals surface area contributed by atoms with Crippen molar-refractivity contribution in [1.29, 1.82) is 0 Å². The fourth-order valence-electron chi connectivity index (χ4n) is 3.75. The maximum Gasteiger partial charge on any atom is 0.274 e. The number of aromatic nitrogens is 2. The summed E-state index contributed by atoms with van der Waals surface area (Å²) in [6, 6.07) is 18.3. The van der Waals surface area contributed by atoms with Crippen LogP contribution in [0.5, 0.6) is 0 Å². The summed E-state index contributed by atoms with van der Waals surface area (Å²) in [5.41, 5.74) is 2.27. The largest absolute Gasteiger partial charge is 0.415 e. The highest BCUT2D eigenvalue weighted by Crippen LogP contribution is 2.19. The molecule has 2 N–H and O–H groups in total. The van der Waals surface area contributed by atoms with E-state index in [1.165, 1.54) is 10.5 Å². The van der Waals surface area contributed by atoms with Crippen molar-refractivity contribution in [1.82, 2.24) is 10.2 Å². The smallest absolute Gasteiger partial charge is 0.274 e. The molecule has 0 saturated carbocycles. The third kappa shape index (κ3) is 4.38. The Labute approximate surface area is 164 Å². The molecular weight excluding hydrogens is 360 g/mol. The van der Waals surface area contributed by atoms with Crippen LogP contribution in [0.15, 0.2) is 59.0 Å². The molecule has 0 radical (unpaired) electrons. The number of halogens is 1. The maximum atomic E-state index is 6.10. The van der Waals surface area contributed by atoms with Crippen LogP contribution in [0.25, 0.3) is 11.5 Å². The van der Waals surface area contributed by atoms with Gasteiger partial charge in [0.15, 0.2) is 6.04 Å². The molecule has 0 aliphatic carbocycles. The van der Waals surface area contributed by atoms with E-state index in [1.54, 1.807) is 4.90 Å². The van der Waals surface area contributed by atoms with E-state index >= 15 is 0 Å². The van der Waals surface area contributed by atoms with Gasteiger partial charge < -0.3 is 14.2 Å². The molecule has 1 saturated heterocycles. The van der Waals surface area contributed by atoms with E-state index < -0.39 is 0 Å². The zero-order valence-corrected chi connectivity index (χ0v) is 16.2. The average Bonchev–Trinajstić information content (AvgIpc) is 3.19. The van der Waals surface area contributed by atoms with Crippen molar-refractivity contribution in [3.05, 3.63) is 71.1 Å². The first-order valence-electron chi connectivity index (χ1n) is 9.50. The van der Waals surface area contributed by atoms with Crippen molar-refractivity contribution in [3.8, 4) is 11.5 Å². The molecule has 27 heavy (non-hydrogen) atoms. The molecule has 1 atom stereocenters. The molecule has 0 unspecified atom stereocenters. The molecule has 140 valence electrons. The Balaban J connectivity index is 1.35. The molecule has 0 bridgehead atoms. The normalized spacial score (nSPS) is 21.1. The first-order chi connectivity index (χ1) is 13.2. The number of hydrogen-bond donors (Lipinski definition) is 2. The first kappa shape index (κ1) is 18.2. The van der Waals surface area contributed by atoms with Crippen LogP contribution in [0.2, 0.25) is 5.02 Å². The highest BCUT2D eigenvalue weighted by molar-refractivity contribution is 6.30. The van der Waals surface area contributed by atoms with Gasteiger partial charge in [0.05, 0.1) is 0 Å². The molecule has 0 spiro atoms. The number of hydrogen-bond acceptors (Lipinski definition) is 3. The minimum Gasteiger partial charge on any atom is -0.415 e. The van der Waals surface area contributed by atoms with Crippen LogP contribution in [0.1, 0.15) is 24.4 Å². The monoisotopic (exact) mass is 384 g/mol. The molecule has 5 nitrogen and oxygen atoms in total. The fraction of sp³-hybridized carbons (Fsp3) is 0.333. The molecule has 1 aliphatic heterocycles. The summed E-state index contributed by atoms with van der Waals surface area (Å²) < 4.78 is 5.96. The van der Waals surface area contributed by atoms with Crippen molar-refractivity contribution in [3.63, 3.8) is 0 Å². The van der Waals surface area contributed by atoms with Crippen molar-refractivity contribution >= 4 is 11.6 Å².